The van der Waals surface area contributed by atoms with Crippen LogP contribution in [0.3, 0.4) is 0 Å². The standard InChI is InChI=1S/C19H18Cl2N4O/c1-12-15(13(2)25(23-12)14-7-5-4-6-8-14)11-24(3)19(26)18-16(20)9-10-17(21)22-18/h4-10H,11H2,1-3H3. The molecule has 1 aromatic carbocycles. The molecule has 5 nitrogen and oxygen atoms in total. The average molecular weight is 389 g/mol. The minimum atomic E-state index is -0.288. The van der Waals surface area contributed by atoms with Gasteiger partial charge in [-0.25, -0.2) is 9.67 Å². The Balaban J connectivity index is 1.88. The predicted octanol–water partition coefficient (Wildman–Crippen LogP) is 4.46. The van der Waals surface area contributed by atoms with E-state index in [0.717, 1.165) is 22.6 Å². The maximum Gasteiger partial charge on any atom is 0.274 e. The molecule has 0 spiro atoms. The van der Waals surface area contributed by atoms with Gasteiger partial charge in [0.1, 0.15) is 10.8 Å². The van der Waals surface area contributed by atoms with E-state index in [9.17, 15) is 4.79 Å². The number of rotatable bonds is 4. The minimum absolute atomic E-state index is 0.146. The van der Waals surface area contributed by atoms with E-state index in [2.05, 4.69) is 10.1 Å². The van der Waals surface area contributed by atoms with Gasteiger partial charge in [-0.2, -0.15) is 5.10 Å². The molecule has 26 heavy (non-hydrogen) atoms. The molecule has 0 unspecified atom stereocenters. The van der Waals surface area contributed by atoms with Crippen molar-refractivity contribution in [3.63, 3.8) is 0 Å². The highest BCUT2D eigenvalue weighted by Gasteiger charge is 2.21. The fourth-order valence-corrected chi connectivity index (χ4v) is 3.12. The molecule has 3 rings (SSSR count). The summed E-state index contributed by atoms with van der Waals surface area (Å²) in [6, 6.07) is 13.0. The van der Waals surface area contributed by atoms with Crippen LogP contribution in [0, 0.1) is 13.8 Å². The SMILES string of the molecule is Cc1nn(-c2ccccc2)c(C)c1CN(C)C(=O)c1nc(Cl)ccc1Cl. The zero-order valence-electron chi connectivity index (χ0n) is 14.7. The van der Waals surface area contributed by atoms with Gasteiger partial charge in [0.25, 0.3) is 5.91 Å². The van der Waals surface area contributed by atoms with Crippen molar-refractivity contribution >= 4 is 29.1 Å². The average Bonchev–Trinajstić information content (AvgIpc) is 2.92. The second-order valence-corrected chi connectivity index (χ2v) is 6.82. The summed E-state index contributed by atoms with van der Waals surface area (Å²) in [4.78, 5) is 18.3. The van der Waals surface area contributed by atoms with E-state index < -0.39 is 0 Å². The highest BCUT2D eigenvalue weighted by atomic mass is 35.5. The Bertz CT molecular complexity index is 954. The van der Waals surface area contributed by atoms with Gasteiger partial charge < -0.3 is 4.90 Å². The molecule has 3 aromatic rings. The number of amides is 1. The Kier molecular flexibility index (Phi) is 5.30. The van der Waals surface area contributed by atoms with Crippen LogP contribution in [0.15, 0.2) is 42.5 Å². The third-order valence-corrected chi connectivity index (χ3v) is 4.71. The molecule has 0 saturated carbocycles. The van der Waals surface area contributed by atoms with Crippen LogP contribution in [0.5, 0.6) is 0 Å². The van der Waals surface area contributed by atoms with Crippen molar-refractivity contribution in [2.24, 2.45) is 0 Å². The number of para-hydroxylation sites is 1. The molecule has 0 aliphatic carbocycles. The summed E-state index contributed by atoms with van der Waals surface area (Å²) in [7, 11) is 1.71. The molecule has 1 amide bonds. The van der Waals surface area contributed by atoms with Crippen molar-refractivity contribution in [3.8, 4) is 5.69 Å². The number of hydrogen-bond acceptors (Lipinski definition) is 3. The molecule has 0 aliphatic heterocycles. The van der Waals surface area contributed by atoms with Crippen molar-refractivity contribution in [1.29, 1.82) is 0 Å². The number of aromatic nitrogens is 3. The number of hydrogen-bond donors (Lipinski definition) is 0. The van der Waals surface area contributed by atoms with Gasteiger partial charge in [0.05, 0.1) is 16.4 Å². The lowest BCUT2D eigenvalue weighted by atomic mass is 10.1. The normalized spacial score (nSPS) is 10.8. The molecule has 7 heteroatoms. The number of aryl methyl sites for hydroxylation is 1. The molecule has 0 saturated heterocycles. The van der Waals surface area contributed by atoms with Gasteiger partial charge in [-0.1, -0.05) is 41.4 Å². The van der Waals surface area contributed by atoms with E-state index >= 15 is 0 Å². The summed E-state index contributed by atoms with van der Waals surface area (Å²) in [5.41, 5.74) is 3.97. The first kappa shape index (κ1) is 18.4. The number of nitrogens with zero attached hydrogens (tertiary/aromatic N) is 4. The van der Waals surface area contributed by atoms with Crippen LogP contribution in [0.25, 0.3) is 5.69 Å². The molecule has 0 N–H and O–H groups in total. The smallest absolute Gasteiger partial charge is 0.274 e. The highest BCUT2D eigenvalue weighted by molar-refractivity contribution is 6.34. The Morgan fingerprint density at radius 1 is 1.12 bits per heavy atom. The maximum atomic E-state index is 12.7. The Morgan fingerprint density at radius 3 is 2.50 bits per heavy atom. The highest BCUT2D eigenvalue weighted by Crippen LogP contribution is 2.22. The van der Waals surface area contributed by atoms with Crippen molar-refractivity contribution in [1.82, 2.24) is 19.7 Å². The Morgan fingerprint density at radius 2 is 1.81 bits per heavy atom. The molecule has 0 bridgehead atoms. The Labute approximate surface area is 162 Å². The van der Waals surface area contributed by atoms with E-state index in [0.29, 0.717) is 6.54 Å². The van der Waals surface area contributed by atoms with Crippen molar-refractivity contribution in [2.45, 2.75) is 20.4 Å². The summed E-state index contributed by atoms with van der Waals surface area (Å²) in [6.45, 7) is 4.32. The largest absolute Gasteiger partial charge is 0.336 e. The molecule has 134 valence electrons. The topological polar surface area (TPSA) is 51.0 Å². The minimum Gasteiger partial charge on any atom is -0.336 e. The first-order valence-electron chi connectivity index (χ1n) is 8.06. The summed E-state index contributed by atoms with van der Waals surface area (Å²) in [6.07, 6.45) is 0. The van der Waals surface area contributed by atoms with Gasteiger partial charge in [-0.15, -0.1) is 0 Å². The van der Waals surface area contributed by atoms with Gasteiger partial charge >= 0.3 is 0 Å². The first-order valence-corrected chi connectivity index (χ1v) is 8.82. The van der Waals surface area contributed by atoms with Gasteiger partial charge in [-0.05, 0) is 38.1 Å². The number of benzene rings is 1. The third-order valence-electron chi connectivity index (χ3n) is 4.20. The van der Waals surface area contributed by atoms with Gasteiger partial charge in [0.2, 0.25) is 0 Å². The van der Waals surface area contributed by atoms with Crippen LogP contribution in [0.4, 0.5) is 0 Å². The third kappa shape index (κ3) is 3.59. The summed E-state index contributed by atoms with van der Waals surface area (Å²) < 4.78 is 1.88. The van der Waals surface area contributed by atoms with Crippen LogP contribution in [0.1, 0.15) is 27.4 Å². The number of halogens is 2. The quantitative estimate of drug-likeness (QED) is 0.619. The lowest BCUT2D eigenvalue weighted by molar-refractivity contribution is 0.0779. The van der Waals surface area contributed by atoms with Gasteiger partial charge in [-0.3, -0.25) is 4.79 Å². The molecule has 0 fully saturated rings. The molecule has 0 atom stereocenters. The summed E-state index contributed by atoms with van der Waals surface area (Å²) >= 11 is 12.0. The van der Waals surface area contributed by atoms with Crippen LogP contribution < -0.4 is 0 Å². The van der Waals surface area contributed by atoms with E-state index in [4.69, 9.17) is 23.2 Å². The zero-order chi connectivity index (χ0) is 18.8. The van der Waals surface area contributed by atoms with Crippen molar-refractivity contribution in [3.05, 3.63) is 75.3 Å². The van der Waals surface area contributed by atoms with E-state index in [1.807, 2.05) is 48.9 Å². The zero-order valence-corrected chi connectivity index (χ0v) is 16.2. The number of pyridine rings is 1. The fraction of sp³-hybridized carbons (Fsp3) is 0.211. The Hall–Kier alpha value is -2.37. The van der Waals surface area contributed by atoms with E-state index in [-0.39, 0.29) is 21.8 Å². The monoisotopic (exact) mass is 388 g/mol. The molecular weight excluding hydrogens is 371 g/mol. The van der Waals surface area contributed by atoms with Gasteiger partial charge in [0.15, 0.2) is 0 Å². The van der Waals surface area contributed by atoms with Crippen LogP contribution in [0.2, 0.25) is 10.2 Å². The summed E-state index contributed by atoms with van der Waals surface area (Å²) in [5.74, 6) is -0.288. The maximum absolute atomic E-state index is 12.7. The number of carbonyl (C=O) groups is 1. The van der Waals surface area contributed by atoms with Crippen LogP contribution in [-0.2, 0) is 6.54 Å². The first-order chi connectivity index (χ1) is 12.4. The van der Waals surface area contributed by atoms with Crippen LogP contribution >= 0.6 is 23.2 Å². The predicted molar refractivity (Wildman–Crippen MR) is 103 cm³/mol. The van der Waals surface area contributed by atoms with Crippen molar-refractivity contribution < 1.29 is 4.79 Å². The second kappa shape index (κ2) is 7.48. The number of carbonyl (C=O) groups excluding carboxylic acids is 1. The molecule has 0 aliphatic rings. The molecule has 2 aromatic heterocycles. The molecule has 0 radical (unpaired) electrons. The molecule has 2 heterocycles. The lowest BCUT2D eigenvalue weighted by Gasteiger charge is -2.18. The van der Waals surface area contributed by atoms with Gasteiger partial charge in [0, 0.05) is 24.8 Å². The lowest BCUT2D eigenvalue weighted by Crippen LogP contribution is -2.27. The van der Waals surface area contributed by atoms with E-state index in [1.165, 1.54) is 0 Å². The van der Waals surface area contributed by atoms with E-state index in [1.54, 1.807) is 24.1 Å². The molecular formula is C19H18Cl2N4O. The van der Waals surface area contributed by atoms with Crippen LogP contribution in [-0.4, -0.2) is 32.6 Å². The fourth-order valence-electron chi connectivity index (χ4n) is 2.78. The van der Waals surface area contributed by atoms with Crippen molar-refractivity contribution in [2.75, 3.05) is 7.05 Å². The second-order valence-electron chi connectivity index (χ2n) is 6.02. The summed E-state index contributed by atoms with van der Waals surface area (Å²) in [5, 5.41) is 5.12.